The van der Waals surface area contributed by atoms with Crippen LogP contribution in [-0.4, -0.2) is 33.0 Å². The van der Waals surface area contributed by atoms with Crippen molar-refractivity contribution < 1.29 is 18.0 Å². The highest BCUT2D eigenvalue weighted by atomic mass is 32.1. The van der Waals surface area contributed by atoms with Gasteiger partial charge in [0.2, 0.25) is 0 Å². The number of carbonyl (C=O) groups excluding carboxylic acids is 1. The smallest absolute Gasteiger partial charge is 0.397 e. The number of aromatic nitrogens is 3. The maximum absolute atomic E-state index is 12.6. The lowest BCUT2D eigenvalue weighted by atomic mass is 10.2. The summed E-state index contributed by atoms with van der Waals surface area (Å²) in [6, 6.07) is 15.8. The number of nitrogen functional groups attached to an aromatic ring is 1. The second kappa shape index (κ2) is 10.2. The van der Waals surface area contributed by atoms with Gasteiger partial charge in [-0.15, -0.1) is 22.7 Å². The van der Waals surface area contributed by atoms with Crippen molar-refractivity contribution in [3.63, 3.8) is 0 Å². The lowest BCUT2D eigenvalue weighted by molar-refractivity contribution is -0.125. The number of anilines is 4. The molecule has 0 atom stereocenters. The molecule has 0 radical (unpaired) electrons. The number of nitrogens with zero attached hydrogens (tertiary/aromatic N) is 3. The average Bonchev–Trinajstić information content (AvgIpc) is 3.60. The molecule has 0 aliphatic heterocycles. The Labute approximate surface area is 217 Å². The summed E-state index contributed by atoms with van der Waals surface area (Å²) in [5, 5.41) is 11.6. The van der Waals surface area contributed by atoms with Crippen LogP contribution in [0.1, 0.15) is 15.4 Å². The zero-order valence-corrected chi connectivity index (χ0v) is 20.7. The minimum absolute atomic E-state index is 0.0180. The summed E-state index contributed by atoms with van der Waals surface area (Å²) in [5.41, 5.74) is 9.44. The predicted molar refractivity (Wildman–Crippen MR) is 140 cm³/mol. The van der Waals surface area contributed by atoms with Gasteiger partial charge in [-0.3, -0.25) is 9.20 Å². The van der Waals surface area contributed by atoms with Crippen molar-refractivity contribution in [3.05, 3.63) is 76.7 Å². The quantitative estimate of drug-likeness (QED) is 0.186. The molecule has 0 aliphatic carbocycles. The Bertz CT molecular complexity index is 1560. The van der Waals surface area contributed by atoms with Crippen molar-refractivity contribution >= 4 is 55.7 Å². The van der Waals surface area contributed by atoms with Gasteiger partial charge in [-0.25, -0.2) is 9.97 Å². The van der Waals surface area contributed by atoms with E-state index in [1.165, 1.54) is 22.7 Å². The van der Waals surface area contributed by atoms with E-state index in [0.717, 1.165) is 5.00 Å². The average molecular weight is 544 g/mol. The van der Waals surface area contributed by atoms with Crippen molar-refractivity contribution in [2.45, 2.75) is 12.7 Å². The first-order valence-electron chi connectivity index (χ1n) is 11.0. The molecule has 190 valence electrons. The number of thiophene rings is 1. The van der Waals surface area contributed by atoms with Crippen LogP contribution < -0.4 is 21.7 Å². The Balaban J connectivity index is 1.30. The number of fused-ring (bicyclic) bond motifs is 1. The molecule has 5 N–H and O–H groups in total. The van der Waals surface area contributed by atoms with Gasteiger partial charge in [0.05, 0.1) is 39.7 Å². The lowest BCUT2D eigenvalue weighted by Crippen LogP contribution is -2.28. The Morgan fingerprint density at radius 1 is 1.08 bits per heavy atom. The summed E-state index contributed by atoms with van der Waals surface area (Å²) in [4.78, 5) is 22.1. The molecule has 5 aromatic rings. The van der Waals surface area contributed by atoms with Gasteiger partial charge >= 0.3 is 6.18 Å². The third kappa shape index (κ3) is 5.74. The number of nitrogens with two attached hydrogens (primary N) is 1. The third-order valence-corrected chi connectivity index (χ3v) is 7.03. The highest BCUT2D eigenvalue weighted by Gasteiger charge is 2.26. The van der Waals surface area contributed by atoms with Gasteiger partial charge in [-0.05, 0) is 36.4 Å². The number of para-hydroxylation sites is 2. The van der Waals surface area contributed by atoms with Crippen LogP contribution in [-0.2, 0) is 6.54 Å². The first kappa shape index (κ1) is 24.7. The molecular weight excluding hydrogens is 523 g/mol. The summed E-state index contributed by atoms with van der Waals surface area (Å²) in [6.45, 7) is -1.07. The van der Waals surface area contributed by atoms with E-state index in [4.69, 9.17) is 5.73 Å². The molecule has 4 aromatic heterocycles. The van der Waals surface area contributed by atoms with E-state index in [1.54, 1.807) is 65.2 Å². The fraction of sp³-hybridized carbons (Fsp3) is 0.125. The van der Waals surface area contributed by atoms with Crippen LogP contribution >= 0.6 is 22.7 Å². The standard InChI is InChI=1S/C24H20F3N7OS2/c25-24(26,27)13-29-10-14-4-3-7-20-30-11-18(34(14)20)17-12-36-23(32-17)33-21-9-8-19(37-21)22(35)31-16-6-2-1-5-15(16)28/h1-9,11-12,29H,10,13,28H2,(H,31,35)(H,32,33). The molecule has 1 aromatic carbocycles. The van der Waals surface area contributed by atoms with Crippen molar-refractivity contribution in [2.24, 2.45) is 0 Å². The van der Waals surface area contributed by atoms with E-state index in [0.29, 0.717) is 44.1 Å². The third-order valence-electron chi connectivity index (χ3n) is 5.28. The molecule has 1 amide bonds. The van der Waals surface area contributed by atoms with Gasteiger partial charge in [0.25, 0.3) is 5.91 Å². The van der Waals surface area contributed by atoms with Gasteiger partial charge < -0.3 is 21.7 Å². The van der Waals surface area contributed by atoms with Crippen LogP contribution in [0, 0.1) is 0 Å². The molecule has 0 spiro atoms. The van der Waals surface area contributed by atoms with Gasteiger partial charge in [0, 0.05) is 17.6 Å². The summed E-state index contributed by atoms with van der Waals surface area (Å²) in [5.74, 6) is -0.270. The van der Waals surface area contributed by atoms with Crippen LogP contribution in [0.3, 0.4) is 0 Å². The molecule has 0 aliphatic rings. The highest BCUT2D eigenvalue weighted by molar-refractivity contribution is 7.19. The number of nitrogens with one attached hydrogen (secondary N) is 3. The minimum Gasteiger partial charge on any atom is -0.397 e. The fourth-order valence-corrected chi connectivity index (χ4v) is 5.21. The summed E-state index contributed by atoms with van der Waals surface area (Å²) in [6.07, 6.45) is -2.65. The van der Waals surface area contributed by atoms with Gasteiger partial charge in [0.15, 0.2) is 5.13 Å². The Kier molecular flexibility index (Phi) is 6.82. The molecule has 37 heavy (non-hydrogen) atoms. The number of hydrogen-bond donors (Lipinski definition) is 4. The molecule has 4 heterocycles. The normalized spacial score (nSPS) is 11.6. The van der Waals surface area contributed by atoms with E-state index in [9.17, 15) is 18.0 Å². The first-order chi connectivity index (χ1) is 17.8. The summed E-state index contributed by atoms with van der Waals surface area (Å²) < 4.78 is 39.5. The van der Waals surface area contributed by atoms with Crippen LogP contribution in [0.25, 0.3) is 17.0 Å². The number of alkyl halides is 3. The van der Waals surface area contributed by atoms with Gasteiger partial charge in [-0.2, -0.15) is 13.2 Å². The SMILES string of the molecule is Nc1ccccc1NC(=O)c1ccc(Nc2nc(-c3cnc4cccc(CNCC(F)(F)F)n34)cs2)s1. The predicted octanol–water partition coefficient (Wildman–Crippen LogP) is 5.75. The minimum atomic E-state index is -4.29. The number of amides is 1. The largest absolute Gasteiger partial charge is 0.401 e. The maximum atomic E-state index is 12.6. The number of imidazole rings is 1. The molecule has 0 saturated carbocycles. The van der Waals surface area contributed by atoms with Crippen LogP contribution in [0.2, 0.25) is 0 Å². The molecule has 8 nitrogen and oxygen atoms in total. The molecule has 13 heteroatoms. The Morgan fingerprint density at radius 3 is 2.73 bits per heavy atom. The van der Waals surface area contributed by atoms with Crippen LogP contribution in [0.15, 0.2) is 66.2 Å². The number of hydrogen-bond acceptors (Lipinski definition) is 8. The van der Waals surface area contributed by atoms with Crippen molar-refractivity contribution in [3.8, 4) is 11.4 Å². The number of benzene rings is 1. The number of carbonyl (C=O) groups is 1. The van der Waals surface area contributed by atoms with E-state index in [2.05, 4.69) is 25.9 Å². The van der Waals surface area contributed by atoms with Crippen LogP contribution in [0.4, 0.5) is 34.7 Å². The second-order valence-electron chi connectivity index (χ2n) is 7.94. The number of halogens is 3. The maximum Gasteiger partial charge on any atom is 0.401 e. The summed E-state index contributed by atoms with van der Waals surface area (Å²) in [7, 11) is 0. The van der Waals surface area contributed by atoms with Crippen LogP contribution in [0.5, 0.6) is 0 Å². The molecule has 0 fully saturated rings. The summed E-state index contributed by atoms with van der Waals surface area (Å²) >= 11 is 2.63. The first-order valence-corrected chi connectivity index (χ1v) is 12.7. The van der Waals surface area contributed by atoms with Gasteiger partial charge in [0.1, 0.15) is 11.3 Å². The number of pyridine rings is 1. The zero-order valence-electron chi connectivity index (χ0n) is 19.0. The highest BCUT2D eigenvalue weighted by Crippen LogP contribution is 2.31. The topological polar surface area (TPSA) is 109 Å². The van der Waals surface area contributed by atoms with E-state index in [-0.39, 0.29) is 12.5 Å². The van der Waals surface area contributed by atoms with Gasteiger partial charge in [-0.1, -0.05) is 18.2 Å². The number of thiazole rings is 1. The van der Waals surface area contributed by atoms with E-state index < -0.39 is 12.7 Å². The lowest BCUT2D eigenvalue weighted by Gasteiger charge is -2.11. The molecular formula is C24H20F3N7OS2. The monoisotopic (exact) mass is 543 g/mol. The van der Waals surface area contributed by atoms with E-state index in [1.807, 2.05) is 5.38 Å². The van der Waals surface area contributed by atoms with Crippen molar-refractivity contribution in [1.29, 1.82) is 0 Å². The molecule has 5 rings (SSSR count). The number of rotatable bonds is 8. The van der Waals surface area contributed by atoms with Crippen molar-refractivity contribution in [1.82, 2.24) is 19.7 Å². The second-order valence-corrected chi connectivity index (χ2v) is 9.88. The molecule has 0 unspecified atom stereocenters. The Morgan fingerprint density at radius 2 is 1.92 bits per heavy atom. The molecule has 0 bridgehead atoms. The Hall–Kier alpha value is -3.94. The van der Waals surface area contributed by atoms with E-state index >= 15 is 0 Å². The fourth-order valence-electron chi connectivity index (χ4n) is 3.63. The van der Waals surface area contributed by atoms with Crippen molar-refractivity contribution in [2.75, 3.05) is 22.9 Å². The zero-order chi connectivity index (χ0) is 26.0. The molecule has 0 saturated heterocycles.